The van der Waals surface area contributed by atoms with Crippen LogP contribution in [0.4, 0.5) is 19.0 Å². The molecule has 7 nitrogen and oxygen atoms in total. The fourth-order valence-electron chi connectivity index (χ4n) is 2.15. The van der Waals surface area contributed by atoms with Gasteiger partial charge in [-0.15, -0.1) is 0 Å². The average molecular weight is 344 g/mol. The third kappa shape index (κ3) is 3.49. The molecule has 2 aromatic heterocycles. The number of halogens is 3. The molecule has 1 amide bonds. The summed E-state index contributed by atoms with van der Waals surface area (Å²) in [5.74, 6) is -2.19. The number of nitrogens with one attached hydrogen (secondary N) is 1. The first kappa shape index (κ1) is 16.7. The number of aromatic nitrogens is 3. The molecular weight excluding hydrogens is 329 g/mol. The first-order valence-corrected chi connectivity index (χ1v) is 7.10. The van der Waals surface area contributed by atoms with Crippen LogP contribution in [0.5, 0.6) is 0 Å². The molecule has 0 aromatic carbocycles. The Bertz CT molecular complexity index is 762. The number of hydrogen-bond acceptors (Lipinski definition) is 5. The Labute approximate surface area is 134 Å². The standard InChI is InChI=1S/C14H15F3N4O3/c1-13(2)6-23-10(24-7-13)8-3-18-12-20-9(5-21(12)4-8)19-11(22)14(15,16)17/h3-5,10H,6-7H2,1-2H3,(H,19,22). The zero-order valence-corrected chi connectivity index (χ0v) is 12.9. The van der Waals surface area contributed by atoms with Crippen molar-refractivity contribution in [3.05, 3.63) is 24.2 Å². The summed E-state index contributed by atoms with van der Waals surface area (Å²) in [7, 11) is 0. The number of carbonyl (C=O) groups excluding carboxylic acids is 1. The van der Waals surface area contributed by atoms with Gasteiger partial charge in [0, 0.05) is 23.4 Å². The quantitative estimate of drug-likeness (QED) is 0.904. The number of amides is 1. The summed E-state index contributed by atoms with van der Waals surface area (Å²) in [6, 6.07) is 0. The molecule has 0 radical (unpaired) electrons. The smallest absolute Gasteiger partial charge is 0.348 e. The molecule has 1 aliphatic heterocycles. The van der Waals surface area contributed by atoms with Gasteiger partial charge in [0.25, 0.3) is 0 Å². The van der Waals surface area contributed by atoms with E-state index in [1.165, 1.54) is 16.8 Å². The van der Waals surface area contributed by atoms with E-state index in [1.807, 2.05) is 13.8 Å². The molecule has 1 aliphatic rings. The van der Waals surface area contributed by atoms with Gasteiger partial charge in [0.05, 0.1) is 19.4 Å². The maximum absolute atomic E-state index is 12.3. The molecule has 0 saturated carbocycles. The molecule has 0 bridgehead atoms. The van der Waals surface area contributed by atoms with Crippen molar-refractivity contribution in [2.75, 3.05) is 18.5 Å². The summed E-state index contributed by atoms with van der Waals surface area (Å²) in [6.45, 7) is 5.03. The molecule has 3 rings (SSSR count). The lowest BCUT2D eigenvalue weighted by Crippen LogP contribution is -2.33. The second-order valence-electron chi connectivity index (χ2n) is 6.29. The zero-order valence-electron chi connectivity index (χ0n) is 12.9. The van der Waals surface area contributed by atoms with Crippen LogP contribution in [0.1, 0.15) is 25.7 Å². The van der Waals surface area contributed by atoms with E-state index < -0.39 is 18.4 Å². The van der Waals surface area contributed by atoms with Crippen LogP contribution < -0.4 is 5.32 Å². The van der Waals surface area contributed by atoms with E-state index >= 15 is 0 Å². The number of nitrogens with zero attached hydrogens (tertiary/aromatic N) is 3. The Morgan fingerprint density at radius 3 is 2.62 bits per heavy atom. The third-order valence-electron chi connectivity index (χ3n) is 3.35. The van der Waals surface area contributed by atoms with Crippen LogP contribution in [0.3, 0.4) is 0 Å². The highest BCUT2D eigenvalue weighted by Gasteiger charge is 2.39. The highest BCUT2D eigenvalue weighted by molar-refractivity contribution is 5.94. The normalized spacial score (nSPS) is 18.7. The SMILES string of the molecule is CC1(C)COC(c2cnc3nc(NC(=O)C(F)(F)F)cn3c2)OC1. The lowest BCUT2D eigenvalue weighted by Gasteiger charge is -2.34. The molecule has 3 heterocycles. The van der Waals surface area contributed by atoms with Crippen molar-refractivity contribution >= 4 is 17.5 Å². The van der Waals surface area contributed by atoms with Gasteiger partial charge < -0.3 is 14.8 Å². The first-order valence-electron chi connectivity index (χ1n) is 7.10. The maximum Gasteiger partial charge on any atom is 0.471 e. The molecule has 1 fully saturated rings. The molecule has 0 aliphatic carbocycles. The number of ether oxygens (including phenoxy) is 2. The van der Waals surface area contributed by atoms with Gasteiger partial charge in [-0.1, -0.05) is 13.8 Å². The summed E-state index contributed by atoms with van der Waals surface area (Å²) < 4.78 is 49.5. The number of alkyl halides is 3. The molecule has 24 heavy (non-hydrogen) atoms. The summed E-state index contributed by atoms with van der Waals surface area (Å²) in [5, 5.41) is 1.68. The Kier molecular flexibility index (Phi) is 3.96. The predicted octanol–water partition coefficient (Wildman–Crippen LogP) is 2.30. The molecule has 0 unspecified atom stereocenters. The van der Waals surface area contributed by atoms with E-state index in [1.54, 1.807) is 11.5 Å². The summed E-state index contributed by atoms with van der Waals surface area (Å²) in [6.07, 6.45) is -1.29. The van der Waals surface area contributed by atoms with E-state index in [0.29, 0.717) is 18.8 Å². The second-order valence-corrected chi connectivity index (χ2v) is 6.29. The molecule has 2 aromatic rings. The van der Waals surface area contributed by atoms with Crippen molar-refractivity contribution in [3.63, 3.8) is 0 Å². The third-order valence-corrected chi connectivity index (χ3v) is 3.35. The predicted molar refractivity (Wildman–Crippen MR) is 76.1 cm³/mol. The molecule has 0 atom stereocenters. The topological polar surface area (TPSA) is 77.8 Å². The lowest BCUT2D eigenvalue weighted by molar-refractivity contribution is -0.226. The first-order chi connectivity index (χ1) is 11.1. The van der Waals surface area contributed by atoms with Crippen LogP contribution in [0.25, 0.3) is 5.78 Å². The largest absolute Gasteiger partial charge is 0.471 e. The average Bonchev–Trinajstić information content (AvgIpc) is 2.87. The van der Waals surface area contributed by atoms with Gasteiger partial charge in [0.1, 0.15) is 0 Å². The molecular formula is C14H15F3N4O3. The van der Waals surface area contributed by atoms with Crippen LogP contribution >= 0.6 is 0 Å². The van der Waals surface area contributed by atoms with Gasteiger partial charge in [0.2, 0.25) is 5.78 Å². The number of carbonyl (C=O) groups is 1. The Morgan fingerprint density at radius 2 is 2.00 bits per heavy atom. The maximum atomic E-state index is 12.3. The highest BCUT2D eigenvalue weighted by atomic mass is 19.4. The van der Waals surface area contributed by atoms with Gasteiger partial charge in [-0.2, -0.15) is 18.2 Å². The Hall–Kier alpha value is -2.20. The van der Waals surface area contributed by atoms with Gasteiger partial charge >= 0.3 is 12.1 Å². The Morgan fingerprint density at radius 1 is 1.33 bits per heavy atom. The van der Waals surface area contributed by atoms with Crippen LogP contribution in [0.15, 0.2) is 18.6 Å². The van der Waals surface area contributed by atoms with Gasteiger partial charge in [-0.05, 0) is 0 Å². The van der Waals surface area contributed by atoms with Crippen molar-refractivity contribution in [1.82, 2.24) is 14.4 Å². The monoisotopic (exact) mass is 344 g/mol. The number of rotatable bonds is 2. The summed E-state index contributed by atoms with van der Waals surface area (Å²) >= 11 is 0. The van der Waals surface area contributed by atoms with Crippen LogP contribution in [-0.4, -0.2) is 39.7 Å². The van der Waals surface area contributed by atoms with Gasteiger partial charge in [-0.25, -0.2) is 4.98 Å². The van der Waals surface area contributed by atoms with E-state index in [0.717, 1.165) is 0 Å². The minimum absolute atomic E-state index is 0.0852. The summed E-state index contributed by atoms with van der Waals surface area (Å²) in [5.41, 5.74) is 0.516. The van der Waals surface area contributed by atoms with E-state index in [9.17, 15) is 18.0 Å². The molecule has 1 N–H and O–H groups in total. The van der Waals surface area contributed by atoms with E-state index in [-0.39, 0.29) is 17.0 Å². The Balaban J connectivity index is 1.78. The number of anilines is 1. The van der Waals surface area contributed by atoms with Crippen molar-refractivity contribution in [2.45, 2.75) is 26.3 Å². The molecule has 1 saturated heterocycles. The van der Waals surface area contributed by atoms with Crippen LogP contribution in [-0.2, 0) is 14.3 Å². The van der Waals surface area contributed by atoms with Crippen LogP contribution in [0.2, 0.25) is 0 Å². The molecule has 0 spiro atoms. The number of imidazole rings is 1. The molecule has 10 heteroatoms. The molecule has 130 valence electrons. The van der Waals surface area contributed by atoms with Crippen molar-refractivity contribution in [1.29, 1.82) is 0 Å². The minimum Gasteiger partial charge on any atom is -0.348 e. The van der Waals surface area contributed by atoms with E-state index in [4.69, 9.17) is 9.47 Å². The summed E-state index contributed by atoms with van der Waals surface area (Å²) in [4.78, 5) is 18.8. The number of fused-ring (bicyclic) bond motifs is 1. The van der Waals surface area contributed by atoms with Crippen molar-refractivity contribution in [3.8, 4) is 0 Å². The van der Waals surface area contributed by atoms with Gasteiger partial charge in [-0.3, -0.25) is 9.20 Å². The number of hydrogen-bond donors (Lipinski definition) is 1. The van der Waals surface area contributed by atoms with Crippen LogP contribution in [0, 0.1) is 5.41 Å². The lowest BCUT2D eigenvalue weighted by atomic mass is 9.95. The fourth-order valence-corrected chi connectivity index (χ4v) is 2.15. The minimum atomic E-state index is -4.98. The fraction of sp³-hybridized carbons (Fsp3) is 0.500. The van der Waals surface area contributed by atoms with Crippen molar-refractivity contribution in [2.24, 2.45) is 5.41 Å². The van der Waals surface area contributed by atoms with Crippen molar-refractivity contribution < 1.29 is 27.4 Å². The zero-order chi connectivity index (χ0) is 17.5. The van der Waals surface area contributed by atoms with Gasteiger partial charge in [0.15, 0.2) is 12.1 Å². The van der Waals surface area contributed by atoms with E-state index in [2.05, 4.69) is 9.97 Å². The second kappa shape index (κ2) is 5.71. The highest BCUT2D eigenvalue weighted by Crippen LogP contribution is 2.30.